The molecule has 0 aliphatic heterocycles. The highest BCUT2D eigenvalue weighted by Crippen LogP contribution is 2.21. The van der Waals surface area contributed by atoms with E-state index < -0.39 is 17.9 Å². The normalized spacial score (nSPS) is 11.0. The first-order valence-corrected chi connectivity index (χ1v) is 4.45. The highest BCUT2D eigenvalue weighted by atomic mass is 32.1. The van der Waals surface area contributed by atoms with E-state index in [-0.39, 0.29) is 11.3 Å². The Morgan fingerprint density at radius 1 is 1.38 bits per heavy atom. The molecular formula is C9H5F4NOS. The van der Waals surface area contributed by atoms with Gasteiger partial charge in [0.15, 0.2) is 0 Å². The lowest BCUT2D eigenvalue weighted by Crippen LogP contribution is -2.30. The van der Waals surface area contributed by atoms with Crippen molar-refractivity contribution in [3.63, 3.8) is 0 Å². The molecule has 1 aromatic carbocycles. The molecule has 1 rings (SSSR count). The van der Waals surface area contributed by atoms with Gasteiger partial charge in [0.1, 0.15) is 5.82 Å². The third-order valence-corrected chi connectivity index (χ3v) is 1.91. The highest BCUT2D eigenvalue weighted by molar-refractivity contribution is 7.79. The molecule has 0 atom stereocenters. The largest absolute Gasteiger partial charge is 0.471 e. The number of benzene rings is 1. The summed E-state index contributed by atoms with van der Waals surface area (Å²) in [5.74, 6) is -2.97. The summed E-state index contributed by atoms with van der Waals surface area (Å²) >= 11 is 4.44. The molecule has 0 saturated heterocycles. The fourth-order valence-electron chi connectivity index (χ4n) is 0.959. The lowest BCUT2D eigenvalue weighted by molar-refractivity contribution is -0.167. The second-order valence-corrected chi connectivity index (χ2v) is 3.01. The summed E-state index contributed by atoms with van der Waals surface area (Å²) in [6.45, 7) is 0. The summed E-state index contributed by atoms with van der Waals surface area (Å²) in [5, 5.41) is 2.40. The molecular weight excluding hydrogens is 246 g/mol. The van der Waals surface area contributed by atoms with Gasteiger partial charge in [-0.15, -0.1) is 0 Å². The van der Waals surface area contributed by atoms with Gasteiger partial charge in [-0.1, -0.05) is 18.3 Å². The first-order valence-electron chi connectivity index (χ1n) is 3.98. The number of thiocarbonyl (C=S) groups is 1. The molecule has 86 valence electrons. The van der Waals surface area contributed by atoms with Gasteiger partial charge in [0.05, 0.1) is 5.69 Å². The minimum Gasteiger partial charge on any atom is -0.318 e. The van der Waals surface area contributed by atoms with Crippen LogP contribution in [0.25, 0.3) is 0 Å². The van der Waals surface area contributed by atoms with Crippen LogP contribution in [0.1, 0.15) is 5.56 Å². The van der Waals surface area contributed by atoms with E-state index in [0.717, 1.165) is 17.5 Å². The van der Waals surface area contributed by atoms with Gasteiger partial charge in [-0.3, -0.25) is 4.79 Å². The number of rotatable bonds is 2. The molecule has 0 bridgehead atoms. The number of alkyl halides is 3. The van der Waals surface area contributed by atoms with Crippen molar-refractivity contribution < 1.29 is 22.4 Å². The Labute approximate surface area is 93.3 Å². The molecule has 0 fully saturated rings. The Kier molecular flexibility index (Phi) is 3.58. The number of halogens is 4. The third-order valence-electron chi connectivity index (χ3n) is 1.68. The average molecular weight is 251 g/mol. The number of amides is 1. The van der Waals surface area contributed by atoms with Gasteiger partial charge in [0.25, 0.3) is 0 Å². The zero-order valence-corrected chi connectivity index (χ0v) is 8.45. The van der Waals surface area contributed by atoms with Gasteiger partial charge in [-0.25, -0.2) is 4.39 Å². The molecule has 1 aromatic rings. The summed E-state index contributed by atoms with van der Waals surface area (Å²) < 4.78 is 48.9. The van der Waals surface area contributed by atoms with Crippen LogP contribution in [0.5, 0.6) is 0 Å². The lowest BCUT2D eigenvalue weighted by atomic mass is 10.2. The Morgan fingerprint density at radius 3 is 2.50 bits per heavy atom. The van der Waals surface area contributed by atoms with Crippen LogP contribution < -0.4 is 5.32 Å². The van der Waals surface area contributed by atoms with Crippen molar-refractivity contribution in [3.8, 4) is 0 Å². The number of hydrogen-bond acceptors (Lipinski definition) is 2. The van der Waals surface area contributed by atoms with E-state index in [1.165, 1.54) is 6.07 Å². The van der Waals surface area contributed by atoms with Gasteiger partial charge < -0.3 is 5.32 Å². The maximum absolute atomic E-state index is 13.1. The fraction of sp³-hybridized carbons (Fsp3) is 0.111. The topological polar surface area (TPSA) is 29.1 Å². The van der Waals surface area contributed by atoms with Gasteiger partial charge in [0.2, 0.25) is 0 Å². The molecule has 16 heavy (non-hydrogen) atoms. The molecule has 0 aliphatic rings. The van der Waals surface area contributed by atoms with E-state index in [1.807, 2.05) is 0 Å². The summed E-state index contributed by atoms with van der Waals surface area (Å²) in [7, 11) is 0. The standard InChI is InChI=1S/C9H5F4NOS/c10-6-2-1-3-7(5(6)4-16)14-8(15)9(11,12)13/h1-4H,(H,14,15). The fourth-order valence-corrected chi connectivity index (χ4v) is 1.20. The quantitative estimate of drug-likeness (QED) is 0.646. The van der Waals surface area contributed by atoms with Crippen LogP contribution >= 0.6 is 12.2 Å². The second kappa shape index (κ2) is 4.56. The number of carbonyl (C=O) groups is 1. The maximum atomic E-state index is 13.1. The van der Waals surface area contributed by atoms with Crippen molar-refractivity contribution in [2.75, 3.05) is 5.32 Å². The summed E-state index contributed by atoms with van der Waals surface area (Å²) in [4.78, 5) is 10.6. The lowest BCUT2D eigenvalue weighted by Gasteiger charge is -2.10. The van der Waals surface area contributed by atoms with E-state index in [9.17, 15) is 22.4 Å². The Morgan fingerprint density at radius 2 is 2.00 bits per heavy atom. The smallest absolute Gasteiger partial charge is 0.318 e. The first kappa shape index (κ1) is 12.6. The predicted octanol–water partition coefficient (Wildman–Crippen LogP) is 2.67. The van der Waals surface area contributed by atoms with Crippen molar-refractivity contribution in [1.29, 1.82) is 0 Å². The summed E-state index contributed by atoms with van der Waals surface area (Å²) in [5.41, 5.74) is -0.563. The van der Waals surface area contributed by atoms with Crippen molar-refractivity contribution in [2.45, 2.75) is 6.18 Å². The zero-order valence-electron chi connectivity index (χ0n) is 7.64. The summed E-state index contributed by atoms with van der Waals surface area (Å²) in [6, 6.07) is 3.33. The van der Waals surface area contributed by atoms with E-state index in [4.69, 9.17) is 0 Å². The van der Waals surface area contributed by atoms with Crippen LogP contribution in [0.15, 0.2) is 18.2 Å². The van der Waals surface area contributed by atoms with E-state index >= 15 is 0 Å². The van der Waals surface area contributed by atoms with Gasteiger partial charge in [-0.05, 0) is 12.1 Å². The molecule has 0 radical (unpaired) electrons. The van der Waals surface area contributed by atoms with Crippen LogP contribution in [-0.4, -0.2) is 17.5 Å². The second-order valence-electron chi connectivity index (χ2n) is 2.77. The van der Waals surface area contributed by atoms with Crippen molar-refractivity contribution >= 4 is 29.2 Å². The predicted molar refractivity (Wildman–Crippen MR) is 53.8 cm³/mol. The Balaban J connectivity index is 3.03. The van der Waals surface area contributed by atoms with Crippen LogP contribution in [0.3, 0.4) is 0 Å². The van der Waals surface area contributed by atoms with Gasteiger partial charge in [0, 0.05) is 10.9 Å². The molecule has 0 aliphatic carbocycles. The molecule has 0 heterocycles. The molecule has 0 unspecified atom stereocenters. The third kappa shape index (κ3) is 2.75. The minimum absolute atomic E-state index is 0.255. The number of hydrogen-bond donors (Lipinski definition) is 1. The van der Waals surface area contributed by atoms with Gasteiger partial charge >= 0.3 is 12.1 Å². The SMILES string of the molecule is O=C(Nc1cccc(F)c1C=S)C(F)(F)F. The van der Waals surface area contributed by atoms with Crippen LogP contribution in [0, 0.1) is 5.82 Å². The molecule has 7 heteroatoms. The van der Waals surface area contributed by atoms with Crippen molar-refractivity contribution in [2.24, 2.45) is 0 Å². The Bertz CT molecular complexity index is 430. The first-order chi connectivity index (χ1) is 7.36. The molecule has 1 amide bonds. The number of anilines is 1. The monoisotopic (exact) mass is 251 g/mol. The average Bonchev–Trinajstić information content (AvgIpc) is 2.16. The molecule has 0 saturated carbocycles. The molecule has 0 spiro atoms. The van der Waals surface area contributed by atoms with Crippen molar-refractivity contribution in [3.05, 3.63) is 29.6 Å². The molecule has 2 nitrogen and oxygen atoms in total. The number of carbonyl (C=O) groups excluding carboxylic acids is 1. The van der Waals surface area contributed by atoms with Crippen LogP contribution in [0.2, 0.25) is 0 Å². The van der Waals surface area contributed by atoms with Crippen LogP contribution in [-0.2, 0) is 4.79 Å². The maximum Gasteiger partial charge on any atom is 0.471 e. The Hall–Kier alpha value is -1.50. The minimum atomic E-state index is -5.02. The molecule has 1 N–H and O–H groups in total. The number of nitrogens with one attached hydrogen (secondary N) is 1. The molecule has 0 aromatic heterocycles. The van der Waals surface area contributed by atoms with E-state index in [0.29, 0.717) is 0 Å². The van der Waals surface area contributed by atoms with E-state index in [1.54, 1.807) is 5.32 Å². The highest BCUT2D eigenvalue weighted by Gasteiger charge is 2.38. The zero-order chi connectivity index (χ0) is 12.3. The van der Waals surface area contributed by atoms with Crippen molar-refractivity contribution in [1.82, 2.24) is 0 Å². The summed E-state index contributed by atoms with van der Waals surface area (Å²) in [6.07, 6.45) is -5.02. The van der Waals surface area contributed by atoms with Crippen LogP contribution in [0.4, 0.5) is 23.2 Å². The van der Waals surface area contributed by atoms with E-state index in [2.05, 4.69) is 12.2 Å². The van der Waals surface area contributed by atoms with Gasteiger partial charge in [-0.2, -0.15) is 13.2 Å².